The monoisotopic (exact) mass is 997 g/mol. The van der Waals surface area contributed by atoms with Gasteiger partial charge in [0.2, 0.25) is 0 Å². The van der Waals surface area contributed by atoms with E-state index in [-0.39, 0.29) is 25.2 Å². The summed E-state index contributed by atoms with van der Waals surface area (Å²) in [6, 6.07) is 0. The van der Waals surface area contributed by atoms with Crippen LogP contribution in [0.25, 0.3) is 0 Å². The van der Waals surface area contributed by atoms with E-state index in [0.717, 1.165) is 109 Å². The third-order valence-corrected chi connectivity index (χ3v) is 12.8. The largest absolute Gasteiger partial charge is 0.462 e. The average Bonchev–Trinajstić information content (AvgIpc) is 3.38. The molecule has 0 saturated heterocycles. The molecule has 0 aliphatic rings. The molecule has 0 aromatic carbocycles. The van der Waals surface area contributed by atoms with Crippen molar-refractivity contribution in [3.05, 3.63) is 122 Å². The van der Waals surface area contributed by atoms with Crippen LogP contribution in [0.3, 0.4) is 0 Å². The number of esters is 2. The lowest BCUT2D eigenvalue weighted by Crippen LogP contribution is -2.28. The molecular formula is C67H112O5. The summed E-state index contributed by atoms with van der Waals surface area (Å²) in [4.78, 5) is 24.5. The number of aliphatic hydroxyl groups is 1. The highest BCUT2D eigenvalue weighted by atomic mass is 16.6. The molecular weight excluding hydrogens is 885 g/mol. The van der Waals surface area contributed by atoms with Crippen molar-refractivity contribution in [1.82, 2.24) is 0 Å². The van der Waals surface area contributed by atoms with E-state index in [0.29, 0.717) is 12.8 Å². The summed E-state index contributed by atoms with van der Waals surface area (Å²) in [7, 11) is 0. The summed E-state index contributed by atoms with van der Waals surface area (Å²) >= 11 is 0. The third-order valence-electron chi connectivity index (χ3n) is 12.8. The summed E-state index contributed by atoms with van der Waals surface area (Å²) in [5.41, 5.74) is 0. The number of rotatable bonds is 54. The number of hydrogen-bond donors (Lipinski definition) is 1. The highest BCUT2D eigenvalue weighted by molar-refractivity contribution is 5.70. The number of ether oxygens (including phenoxy) is 2. The molecule has 1 atom stereocenters. The first-order valence-corrected chi connectivity index (χ1v) is 30.1. The molecule has 0 fully saturated rings. The smallest absolute Gasteiger partial charge is 0.306 e. The topological polar surface area (TPSA) is 72.8 Å². The molecule has 0 heterocycles. The second-order valence-electron chi connectivity index (χ2n) is 19.7. The van der Waals surface area contributed by atoms with Crippen molar-refractivity contribution in [3.63, 3.8) is 0 Å². The lowest BCUT2D eigenvalue weighted by molar-refractivity contribution is -0.161. The fourth-order valence-corrected chi connectivity index (χ4v) is 8.29. The molecule has 0 aromatic heterocycles. The van der Waals surface area contributed by atoms with Gasteiger partial charge in [-0.15, -0.1) is 0 Å². The SMILES string of the molecule is CC/C=C\C/C=C\C/C=C\C/C=C\C/C=C\C/C=C\C/C=C\C/C=C\C/C=C\C/C=C\CCCCCCCCCCC(=O)OC(CO)COC(=O)CCCCCCCCCCCCCCCCCCCCC. The van der Waals surface area contributed by atoms with Crippen molar-refractivity contribution >= 4 is 11.9 Å². The molecule has 0 amide bonds. The first-order valence-electron chi connectivity index (χ1n) is 30.1. The minimum atomic E-state index is -0.782. The van der Waals surface area contributed by atoms with Crippen molar-refractivity contribution in [3.8, 4) is 0 Å². The summed E-state index contributed by atoms with van der Waals surface area (Å²) < 4.78 is 10.7. The molecule has 72 heavy (non-hydrogen) atoms. The third kappa shape index (κ3) is 58.9. The fourth-order valence-electron chi connectivity index (χ4n) is 8.29. The maximum atomic E-state index is 12.3. The van der Waals surface area contributed by atoms with Crippen LogP contribution in [0.1, 0.15) is 271 Å². The van der Waals surface area contributed by atoms with Crippen LogP contribution in [0.4, 0.5) is 0 Å². The van der Waals surface area contributed by atoms with Gasteiger partial charge in [-0.1, -0.05) is 289 Å². The summed E-state index contributed by atoms with van der Waals surface area (Å²) in [6.45, 7) is 4.04. The lowest BCUT2D eigenvalue weighted by Gasteiger charge is -2.15. The van der Waals surface area contributed by atoms with E-state index in [1.165, 1.54) is 135 Å². The van der Waals surface area contributed by atoms with Gasteiger partial charge in [-0.25, -0.2) is 0 Å². The quantitative estimate of drug-likeness (QED) is 0.0373. The Morgan fingerprint density at radius 3 is 0.903 bits per heavy atom. The lowest BCUT2D eigenvalue weighted by atomic mass is 10.0. The zero-order chi connectivity index (χ0) is 52.0. The van der Waals surface area contributed by atoms with Crippen LogP contribution in [-0.2, 0) is 19.1 Å². The van der Waals surface area contributed by atoms with Crippen LogP contribution in [-0.4, -0.2) is 36.4 Å². The Morgan fingerprint density at radius 1 is 0.333 bits per heavy atom. The Balaban J connectivity index is 3.58. The number of unbranched alkanes of at least 4 members (excludes halogenated alkanes) is 26. The van der Waals surface area contributed by atoms with Crippen molar-refractivity contribution in [2.24, 2.45) is 0 Å². The second-order valence-corrected chi connectivity index (χ2v) is 19.7. The van der Waals surface area contributed by atoms with Gasteiger partial charge in [0.25, 0.3) is 0 Å². The number of allylic oxidation sites excluding steroid dienone is 20. The minimum absolute atomic E-state index is 0.0718. The van der Waals surface area contributed by atoms with Crippen molar-refractivity contribution < 1.29 is 24.2 Å². The van der Waals surface area contributed by atoms with Crippen molar-refractivity contribution in [2.45, 2.75) is 277 Å². The Labute approximate surface area is 445 Å². The number of hydrogen-bond acceptors (Lipinski definition) is 5. The molecule has 0 aromatic rings. The Hall–Kier alpha value is -3.70. The predicted molar refractivity (Wildman–Crippen MR) is 315 cm³/mol. The van der Waals surface area contributed by atoms with Crippen molar-refractivity contribution in [2.75, 3.05) is 13.2 Å². The van der Waals surface area contributed by atoms with Gasteiger partial charge >= 0.3 is 11.9 Å². The van der Waals surface area contributed by atoms with Crippen LogP contribution >= 0.6 is 0 Å². The van der Waals surface area contributed by atoms with Crippen LogP contribution in [0.5, 0.6) is 0 Å². The standard InChI is InChI=1S/C67H112O5/c1-3-5-7-9-11-13-15-17-19-21-23-24-25-26-27-28-29-30-31-32-33-34-35-36-37-38-39-40-41-42-44-46-48-50-52-54-56-58-60-62-67(70)72-65(63-68)64-71-66(69)61-59-57-55-53-51-49-47-45-43-22-20-18-16-14-12-10-8-6-4-2/h5,7,11,13,17,19,23-24,26-27,29-30,32-33,35-36,38-39,41-42,65,68H,3-4,6,8-10,12,14-16,18,20-22,25,28,31,34,37,40,43-64H2,1-2H3/b7-5-,13-11-,19-17-,24-23-,27-26-,30-29-,33-32-,36-35-,39-38-,42-41-. The van der Waals surface area contributed by atoms with Gasteiger partial charge in [0.15, 0.2) is 6.10 Å². The van der Waals surface area contributed by atoms with Gasteiger partial charge < -0.3 is 14.6 Å². The number of carbonyl (C=O) groups excluding carboxylic acids is 2. The normalized spacial score (nSPS) is 13.1. The second kappa shape index (κ2) is 61.6. The zero-order valence-corrected chi connectivity index (χ0v) is 46.9. The minimum Gasteiger partial charge on any atom is -0.462 e. The molecule has 410 valence electrons. The highest BCUT2D eigenvalue weighted by Gasteiger charge is 2.16. The van der Waals surface area contributed by atoms with E-state index in [4.69, 9.17) is 9.47 Å². The first kappa shape index (κ1) is 68.3. The van der Waals surface area contributed by atoms with E-state index < -0.39 is 6.10 Å². The van der Waals surface area contributed by atoms with E-state index in [2.05, 4.69) is 135 Å². The summed E-state index contributed by atoms with van der Waals surface area (Å²) in [5.74, 6) is -0.597. The Morgan fingerprint density at radius 2 is 0.597 bits per heavy atom. The van der Waals surface area contributed by atoms with Crippen LogP contribution in [0.2, 0.25) is 0 Å². The summed E-state index contributed by atoms with van der Waals surface area (Å²) in [6.07, 6.45) is 90.3. The fraction of sp³-hybridized carbons (Fsp3) is 0.672. The number of carbonyl (C=O) groups is 2. The first-order chi connectivity index (χ1) is 35.6. The van der Waals surface area contributed by atoms with Gasteiger partial charge in [-0.3, -0.25) is 9.59 Å². The molecule has 0 aliphatic heterocycles. The Bertz CT molecular complexity index is 1450. The predicted octanol–water partition coefficient (Wildman–Crippen LogP) is 20.6. The average molecular weight is 998 g/mol. The van der Waals surface area contributed by atoms with E-state index in [9.17, 15) is 14.7 Å². The molecule has 1 unspecified atom stereocenters. The van der Waals surface area contributed by atoms with Gasteiger partial charge in [0, 0.05) is 12.8 Å². The maximum absolute atomic E-state index is 12.3. The summed E-state index contributed by atoms with van der Waals surface area (Å²) in [5, 5.41) is 9.66. The van der Waals surface area contributed by atoms with Crippen LogP contribution in [0, 0.1) is 0 Å². The number of aliphatic hydroxyl groups excluding tert-OH is 1. The van der Waals surface area contributed by atoms with E-state index in [1.807, 2.05) is 0 Å². The van der Waals surface area contributed by atoms with Gasteiger partial charge in [0.05, 0.1) is 6.61 Å². The highest BCUT2D eigenvalue weighted by Crippen LogP contribution is 2.16. The molecule has 1 N–H and O–H groups in total. The molecule has 5 nitrogen and oxygen atoms in total. The van der Waals surface area contributed by atoms with Crippen LogP contribution in [0.15, 0.2) is 122 Å². The molecule has 0 aliphatic carbocycles. The van der Waals surface area contributed by atoms with Gasteiger partial charge in [-0.2, -0.15) is 0 Å². The maximum Gasteiger partial charge on any atom is 0.306 e. The van der Waals surface area contributed by atoms with Gasteiger partial charge in [-0.05, 0) is 89.9 Å². The molecule has 0 saturated carbocycles. The molecule has 0 spiro atoms. The van der Waals surface area contributed by atoms with Crippen LogP contribution < -0.4 is 0 Å². The molecule has 0 bridgehead atoms. The zero-order valence-electron chi connectivity index (χ0n) is 46.9. The molecule has 0 rings (SSSR count). The molecule has 5 heteroatoms. The van der Waals surface area contributed by atoms with E-state index in [1.54, 1.807) is 0 Å². The van der Waals surface area contributed by atoms with E-state index >= 15 is 0 Å². The van der Waals surface area contributed by atoms with Gasteiger partial charge in [0.1, 0.15) is 6.61 Å². The van der Waals surface area contributed by atoms with Crippen molar-refractivity contribution in [1.29, 1.82) is 0 Å². The molecule has 0 radical (unpaired) electrons. The Kier molecular flexibility index (Phi) is 58.4.